The topological polar surface area (TPSA) is 49.7 Å². The normalized spacial score (nSPS) is 11.9. The molecule has 5 nitrogen and oxygen atoms in total. The van der Waals surface area contributed by atoms with Crippen LogP contribution < -0.4 is 4.74 Å². The first-order valence-corrected chi connectivity index (χ1v) is 8.33. The highest BCUT2D eigenvalue weighted by Gasteiger charge is 2.20. The van der Waals surface area contributed by atoms with Gasteiger partial charge >= 0.3 is 5.97 Å². The van der Waals surface area contributed by atoms with Gasteiger partial charge in [0, 0.05) is 25.4 Å². The summed E-state index contributed by atoms with van der Waals surface area (Å²) in [6, 6.07) is 11.7. The lowest BCUT2D eigenvalue weighted by atomic mass is 10.1. The summed E-state index contributed by atoms with van der Waals surface area (Å²) >= 11 is 0. The molecule has 130 valence electrons. The van der Waals surface area contributed by atoms with Gasteiger partial charge in [0.15, 0.2) is 6.10 Å². The van der Waals surface area contributed by atoms with Crippen LogP contribution in [0.5, 0.6) is 5.75 Å². The molecule has 1 heterocycles. The van der Waals surface area contributed by atoms with Crippen molar-refractivity contribution in [2.24, 2.45) is 0 Å². The van der Waals surface area contributed by atoms with E-state index in [1.165, 1.54) is 0 Å². The standard InChI is InChI=1S/C19H25NO4/c1-3-22-18(19(21)23-4-2)15-16-7-9-17(10-8-16)24-14-13-20-11-5-6-12-20/h5-12,18H,3-4,13-15H2,1-2H3/t18-/m1/s1. The first-order valence-electron chi connectivity index (χ1n) is 8.33. The maximum absolute atomic E-state index is 11.9. The van der Waals surface area contributed by atoms with Crippen LogP contribution in [0.1, 0.15) is 19.4 Å². The molecule has 0 saturated carbocycles. The Balaban J connectivity index is 1.84. The zero-order valence-corrected chi connectivity index (χ0v) is 14.3. The highest BCUT2D eigenvalue weighted by molar-refractivity contribution is 5.75. The number of esters is 1. The molecule has 2 rings (SSSR count). The minimum Gasteiger partial charge on any atom is -0.492 e. The van der Waals surface area contributed by atoms with Gasteiger partial charge in [-0.2, -0.15) is 0 Å². The third kappa shape index (κ3) is 5.74. The summed E-state index contributed by atoms with van der Waals surface area (Å²) in [5.74, 6) is 0.501. The molecule has 0 amide bonds. The van der Waals surface area contributed by atoms with Crippen LogP contribution in [0.25, 0.3) is 0 Å². The number of hydrogen-bond acceptors (Lipinski definition) is 4. The molecule has 1 aromatic heterocycles. The van der Waals surface area contributed by atoms with Gasteiger partial charge in [0.1, 0.15) is 12.4 Å². The molecular weight excluding hydrogens is 306 g/mol. The van der Waals surface area contributed by atoms with E-state index >= 15 is 0 Å². The summed E-state index contributed by atoms with van der Waals surface area (Å²) in [6.07, 6.45) is 3.96. The van der Waals surface area contributed by atoms with E-state index in [1.54, 1.807) is 6.92 Å². The summed E-state index contributed by atoms with van der Waals surface area (Å²) in [4.78, 5) is 11.9. The fraction of sp³-hybridized carbons (Fsp3) is 0.421. The molecule has 0 spiro atoms. The maximum Gasteiger partial charge on any atom is 0.335 e. The highest BCUT2D eigenvalue weighted by atomic mass is 16.6. The number of ether oxygens (including phenoxy) is 3. The van der Waals surface area contributed by atoms with Gasteiger partial charge in [-0.1, -0.05) is 12.1 Å². The van der Waals surface area contributed by atoms with Gasteiger partial charge in [0.05, 0.1) is 13.2 Å². The number of benzene rings is 1. The SMILES string of the molecule is CCOC(=O)[C@@H](Cc1ccc(OCCn2cccc2)cc1)OCC. The molecule has 0 bridgehead atoms. The fourth-order valence-electron chi connectivity index (χ4n) is 2.37. The van der Waals surface area contributed by atoms with Crippen molar-refractivity contribution < 1.29 is 19.0 Å². The van der Waals surface area contributed by atoms with Crippen LogP contribution in [0.3, 0.4) is 0 Å². The second-order valence-corrected chi connectivity index (χ2v) is 5.31. The van der Waals surface area contributed by atoms with E-state index in [0.717, 1.165) is 17.9 Å². The fourth-order valence-corrected chi connectivity index (χ4v) is 2.37. The molecule has 0 aliphatic carbocycles. The predicted molar refractivity (Wildman–Crippen MR) is 92.1 cm³/mol. The van der Waals surface area contributed by atoms with Gasteiger partial charge in [-0.25, -0.2) is 4.79 Å². The zero-order chi connectivity index (χ0) is 17.2. The molecule has 1 aromatic carbocycles. The van der Waals surface area contributed by atoms with Gasteiger partial charge in [-0.05, 0) is 43.7 Å². The zero-order valence-electron chi connectivity index (χ0n) is 14.3. The lowest BCUT2D eigenvalue weighted by Gasteiger charge is -2.15. The largest absolute Gasteiger partial charge is 0.492 e. The Kier molecular flexibility index (Phi) is 7.36. The second kappa shape index (κ2) is 9.78. The third-order valence-corrected chi connectivity index (χ3v) is 3.55. The number of carbonyl (C=O) groups excluding carboxylic acids is 1. The smallest absolute Gasteiger partial charge is 0.335 e. The van der Waals surface area contributed by atoms with E-state index in [1.807, 2.05) is 55.7 Å². The van der Waals surface area contributed by atoms with E-state index in [4.69, 9.17) is 14.2 Å². The average molecular weight is 331 g/mol. The van der Waals surface area contributed by atoms with E-state index in [9.17, 15) is 4.79 Å². The molecule has 0 fully saturated rings. The molecule has 0 aliphatic rings. The molecule has 0 saturated heterocycles. The number of nitrogens with zero attached hydrogens (tertiary/aromatic N) is 1. The van der Waals surface area contributed by atoms with Gasteiger partial charge < -0.3 is 18.8 Å². The van der Waals surface area contributed by atoms with Gasteiger partial charge in [-0.3, -0.25) is 0 Å². The minimum atomic E-state index is -0.560. The van der Waals surface area contributed by atoms with Crippen LogP contribution >= 0.6 is 0 Å². The molecule has 1 atom stereocenters. The highest BCUT2D eigenvalue weighted by Crippen LogP contribution is 2.15. The Labute approximate surface area is 143 Å². The first kappa shape index (κ1) is 18.1. The molecule has 24 heavy (non-hydrogen) atoms. The first-order chi connectivity index (χ1) is 11.7. The molecular formula is C19H25NO4. The molecule has 0 unspecified atom stereocenters. The Bertz CT molecular complexity index is 592. The minimum absolute atomic E-state index is 0.314. The summed E-state index contributed by atoms with van der Waals surface area (Å²) in [5.41, 5.74) is 1.01. The van der Waals surface area contributed by atoms with Crippen molar-refractivity contribution >= 4 is 5.97 Å². The third-order valence-electron chi connectivity index (χ3n) is 3.55. The van der Waals surface area contributed by atoms with Crippen LogP contribution in [0.15, 0.2) is 48.8 Å². The van der Waals surface area contributed by atoms with Crippen LogP contribution in [0.2, 0.25) is 0 Å². The predicted octanol–water partition coefficient (Wildman–Crippen LogP) is 3.08. The monoisotopic (exact) mass is 331 g/mol. The van der Waals surface area contributed by atoms with Gasteiger partial charge in [-0.15, -0.1) is 0 Å². The van der Waals surface area contributed by atoms with Crippen LogP contribution in [-0.4, -0.2) is 36.5 Å². The Morgan fingerprint density at radius 2 is 1.79 bits per heavy atom. The molecule has 2 aromatic rings. The second-order valence-electron chi connectivity index (χ2n) is 5.31. The van der Waals surface area contributed by atoms with Crippen molar-refractivity contribution in [1.82, 2.24) is 4.57 Å². The van der Waals surface area contributed by atoms with E-state index in [0.29, 0.717) is 26.2 Å². The van der Waals surface area contributed by atoms with Crippen LogP contribution in [0.4, 0.5) is 0 Å². The van der Waals surface area contributed by atoms with Gasteiger partial charge in [0.2, 0.25) is 0 Å². The van der Waals surface area contributed by atoms with Crippen molar-refractivity contribution in [3.8, 4) is 5.75 Å². The Morgan fingerprint density at radius 1 is 1.08 bits per heavy atom. The Morgan fingerprint density at radius 3 is 2.42 bits per heavy atom. The number of hydrogen-bond donors (Lipinski definition) is 0. The van der Waals surface area contributed by atoms with E-state index in [-0.39, 0.29) is 5.97 Å². The Hall–Kier alpha value is -2.27. The average Bonchev–Trinajstić information content (AvgIpc) is 3.09. The molecule has 5 heteroatoms. The van der Waals surface area contributed by atoms with Crippen molar-refractivity contribution in [1.29, 1.82) is 0 Å². The van der Waals surface area contributed by atoms with Crippen LogP contribution in [-0.2, 0) is 27.2 Å². The van der Waals surface area contributed by atoms with Crippen molar-refractivity contribution in [2.45, 2.75) is 32.9 Å². The molecule has 0 aliphatic heterocycles. The summed E-state index contributed by atoms with van der Waals surface area (Å²) in [5, 5.41) is 0. The molecule has 0 N–H and O–H groups in total. The maximum atomic E-state index is 11.9. The summed E-state index contributed by atoms with van der Waals surface area (Å²) in [6.45, 7) is 5.91. The quantitative estimate of drug-likeness (QED) is 0.628. The van der Waals surface area contributed by atoms with Crippen molar-refractivity contribution in [3.63, 3.8) is 0 Å². The number of rotatable bonds is 10. The summed E-state index contributed by atoms with van der Waals surface area (Å²) < 4.78 is 18.3. The van der Waals surface area contributed by atoms with Crippen LogP contribution in [0, 0.1) is 0 Å². The molecule has 0 radical (unpaired) electrons. The lowest BCUT2D eigenvalue weighted by molar-refractivity contribution is -0.156. The van der Waals surface area contributed by atoms with Crippen molar-refractivity contribution in [2.75, 3.05) is 19.8 Å². The number of aromatic nitrogens is 1. The van der Waals surface area contributed by atoms with E-state index < -0.39 is 6.10 Å². The van der Waals surface area contributed by atoms with E-state index in [2.05, 4.69) is 4.57 Å². The lowest BCUT2D eigenvalue weighted by Crippen LogP contribution is -2.28. The van der Waals surface area contributed by atoms with Crippen molar-refractivity contribution in [3.05, 3.63) is 54.4 Å². The number of carbonyl (C=O) groups is 1. The van der Waals surface area contributed by atoms with Gasteiger partial charge in [0.25, 0.3) is 0 Å². The summed E-state index contributed by atoms with van der Waals surface area (Å²) in [7, 11) is 0.